The monoisotopic (exact) mass is 283 g/mol. The zero-order valence-corrected chi connectivity index (χ0v) is 13.6. The van der Waals surface area contributed by atoms with E-state index in [1.54, 1.807) is 0 Å². The normalized spacial score (nSPS) is 28.1. The van der Waals surface area contributed by atoms with Crippen LogP contribution < -0.4 is 5.32 Å². The first-order valence-electron chi connectivity index (χ1n) is 8.73. The second-order valence-corrected chi connectivity index (χ2v) is 6.52. The number of rotatable bonds is 8. The lowest BCUT2D eigenvalue weighted by molar-refractivity contribution is -0.153. The van der Waals surface area contributed by atoms with E-state index in [4.69, 9.17) is 9.47 Å². The summed E-state index contributed by atoms with van der Waals surface area (Å²) >= 11 is 0. The van der Waals surface area contributed by atoms with Crippen LogP contribution in [0.4, 0.5) is 0 Å². The van der Waals surface area contributed by atoms with Crippen molar-refractivity contribution < 1.29 is 9.47 Å². The van der Waals surface area contributed by atoms with E-state index in [2.05, 4.69) is 26.1 Å². The van der Waals surface area contributed by atoms with E-state index in [1.165, 1.54) is 38.5 Å². The molecule has 2 aliphatic rings. The van der Waals surface area contributed by atoms with E-state index in [0.29, 0.717) is 18.1 Å². The standard InChI is InChI=1S/C17H33NO2/c1-4-11-18-16(15(5-2)19-6-3)14-8-12-20-17(13-14)9-7-10-17/h14-16,18H,4-13H2,1-3H3. The van der Waals surface area contributed by atoms with E-state index in [0.717, 1.165) is 26.2 Å². The Hall–Kier alpha value is -0.120. The minimum absolute atomic E-state index is 0.236. The molecule has 1 saturated carbocycles. The van der Waals surface area contributed by atoms with E-state index >= 15 is 0 Å². The fourth-order valence-corrected chi connectivity index (χ4v) is 3.89. The Bertz CT molecular complexity index is 278. The third-order valence-electron chi connectivity index (χ3n) is 5.12. The summed E-state index contributed by atoms with van der Waals surface area (Å²) in [5, 5.41) is 3.78. The lowest BCUT2D eigenvalue weighted by Gasteiger charge is -2.49. The van der Waals surface area contributed by atoms with Crippen LogP contribution in [0.3, 0.4) is 0 Å². The first-order chi connectivity index (χ1) is 9.74. The van der Waals surface area contributed by atoms with Crippen LogP contribution in [0, 0.1) is 5.92 Å². The maximum Gasteiger partial charge on any atom is 0.0728 e. The average Bonchev–Trinajstić information content (AvgIpc) is 2.45. The van der Waals surface area contributed by atoms with Crippen LogP contribution in [0.15, 0.2) is 0 Å². The van der Waals surface area contributed by atoms with E-state index in [-0.39, 0.29) is 5.60 Å². The predicted octanol–water partition coefficient (Wildman–Crippen LogP) is 3.52. The van der Waals surface area contributed by atoms with Crippen LogP contribution in [0.5, 0.6) is 0 Å². The summed E-state index contributed by atoms with van der Waals surface area (Å²) in [5.74, 6) is 0.715. The van der Waals surface area contributed by atoms with E-state index in [9.17, 15) is 0 Å². The number of hydrogen-bond acceptors (Lipinski definition) is 3. The molecule has 1 aliphatic carbocycles. The highest BCUT2D eigenvalue weighted by molar-refractivity contribution is 4.98. The molecule has 0 aromatic rings. The molecule has 20 heavy (non-hydrogen) atoms. The second-order valence-electron chi connectivity index (χ2n) is 6.52. The van der Waals surface area contributed by atoms with Crippen molar-refractivity contribution in [2.75, 3.05) is 19.8 Å². The molecule has 3 nitrogen and oxygen atoms in total. The molecule has 1 spiro atoms. The second kappa shape index (κ2) is 7.77. The molecule has 1 heterocycles. The van der Waals surface area contributed by atoms with Crippen LogP contribution in [0.1, 0.15) is 65.7 Å². The van der Waals surface area contributed by atoms with Crippen LogP contribution in [-0.2, 0) is 9.47 Å². The molecule has 118 valence electrons. The summed E-state index contributed by atoms with van der Waals surface area (Å²) in [6, 6.07) is 0.501. The number of nitrogens with one attached hydrogen (secondary N) is 1. The Labute approximate surface area is 124 Å². The van der Waals surface area contributed by atoms with Crippen molar-refractivity contribution in [2.24, 2.45) is 5.92 Å². The molecular formula is C17H33NO2. The molecule has 1 N–H and O–H groups in total. The number of ether oxygens (including phenoxy) is 2. The summed E-state index contributed by atoms with van der Waals surface area (Å²) < 4.78 is 12.1. The van der Waals surface area contributed by atoms with E-state index in [1.807, 2.05) is 0 Å². The van der Waals surface area contributed by atoms with Crippen molar-refractivity contribution in [2.45, 2.75) is 83.5 Å². The van der Waals surface area contributed by atoms with Crippen molar-refractivity contribution >= 4 is 0 Å². The Morgan fingerprint density at radius 2 is 2.10 bits per heavy atom. The molecular weight excluding hydrogens is 250 g/mol. The molecule has 0 aromatic heterocycles. The van der Waals surface area contributed by atoms with Crippen molar-refractivity contribution in [1.29, 1.82) is 0 Å². The maximum atomic E-state index is 6.09. The molecule has 2 fully saturated rings. The van der Waals surface area contributed by atoms with Crippen molar-refractivity contribution in [3.63, 3.8) is 0 Å². The quantitative estimate of drug-likeness (QED) is 0.739. The molecule has 1 saturated heterocycles. The van der Waals surface area contributed by atoms with Gasteiger partial charge in [0.15, 0.2) is 0 Å². The van der Waals surface area contributed by atoms with Gasteiger partial charge in [-0.05, 0) is 64.3 Å². The Kier molecular flexibility index (Phi) is 6.31. The molecule has 3 heteroatoms. The molecule has 0 radical (unpaired) electrons. The molecule has 0 amide bonds. The first kappa shape index (κ1) is 16.3. The van der Waals surface area contributed by atoms with Crippen molar-refractivity contribution in [3.05, 3.63) is 0 Å². The lowest BCUT2D eigenvalue weighted by atomic mass is 9.69. The average molecular weight is 283 g/mol. The third-order valence-corrected chi connectivity index (χ3v) is 5.12. The molecule has 3 atom stereocenters. The molecule has 1 aliphatic heterocycles. The Morgan fingerprint density at radius 1 is 1.30 bits per heavy atom. The summed E-state index contributed by atoms with van der Waals surface area (Å²) in [5.41, 5.74) is 0.236. The van der Waals surface area contributed by atoms with Gasteiger partial charge in [0.25, 0.3) is 0 Å². The van der Waals surface area contributed by atoms with Crippen LogP contribution in [0.2, 0.25) is 0 Å². The highest BCUT2D eigenvalue weighted by Crippen LogP contribution is 2.45. The highest BCUT2D eigenvalue weighted by atomic mass is 16.5. The lowest BCUT2D eigenvalue weighted by Crippen LogP contribution is -2.54. The van der Waals surface area contributed by atoms with Gasteiger partial charge in [-0.3, -0.25) is 0 Å². The summed E-state index contributed by atoms with van der Waals surface area (Å²) in [7, 11) is 0. The van der Waals surface area contributed by atoms with Gasteiger partial charge in [0.2, 0.25) is 0 Å². The van der Waals surface area contributed by atoms with Crippen molar-refractivity contribution in [1.82, 2.24) is 5.32 Å². The largest absolute Gasteiger partial charge is 0.377 e. The van der Waals surface area contributed by atoms with Gasteiger partial charge >= 0.3 is 0 Å². The van der Waals surface area contributed by atoms with Gasteiger partial charge in [-0.1, -0.05) is 13.8 Å². The minimum atomic E-state index is 0.236. The zero-order valence-electron chi connectivity index (χ0n) is 13.6. The summed E-state index contributed by atoms with van der Waals surface area (Å²) in [6.07, 6.45) is 8.96. The van der Waals surface area contributed by atoms with Crippen molar-refractivity contribution in [3.8, 4) is 0 Å². The first-order valence-corrected chi connectivity index (χ1v) is 8.73. The third kappa shape index (κ3) is 3.75. The fraction of sp³-hybridized carbons (Fsp3) is 1.00. The van der Waals surface area contributed by atoms with Gasteiger partial charge in [-0.15, -0.1) is 0 Å². The minimum Gasteiger partial charge on any atom is -0.377 e. The van der Waals surface area contributed by atoms with Crippen LogP contribution in [0.25, 0.3) is 0 Å². The summed E-state index contributed by atoms with van der Waals surface area (Å²) in [4.78, 5) is 0. The molecule has 3 unspecified atom stereocenters. The van der Waals surface area contributed by atoms with Gasteiger partial charge in [-0.2, -0.15) is 0 Å². The predicted molar refractivity (Wildman–Crippen MR) is 83.0 cm³/mol. The summed E-state index contributed by atoms with van der Waals surface area (Å²) in [6.45, 7) is 9.45. The van der Waals surface area contributed by atoms with Gasteiger partial charge in [-0.25, -0.2) is 0 Å². The molecule has 0 aromatic carbocycles. The van der Waals surface area contributed by atoms with Gasteiger partial charge in [0.05, 0.1) is 11.7 Å². The number of hydrogen-bond donors (Lipinski definition) is 1. The van der Waals surface area contributed by atoms with Gasteiger partial charge in [0.1, 0.15) is 0 Å². The van der Waals surface area contributed by atoms with Crippen LogP contribution in [-0.4, -0.2) is 37.5 Å². The molecule has 0 bridgehead atoms. The fourth-order valence-electron chi connectivity index (χ4n) is 3.89. The van der Waals surface area contributed by atoms with Crippen LogP contribution >= 0.6 is 0 Å². The van der Waals surface area contributed by atoms with E-state index < -0.39 is 0 Å². The smallest absolute Gasteiger partial charge is 0.0728 e. The SMILES string of the molecule is CCCNC(C1CCOC2(CCC2)C1)C(CC)OCC. The van der Waals surface area contributed by atoms with Gasteiger partial charge < -0.3 is 14.8 Å². The topological polar surface area (TPSA) is 30.5 Å². The Morgan fingerprint density at radius 3 is 2.65 bits per heavy atom. The molecule has 2 rings (SSSR count). The van der Waals surface area contributed by atoms with Gasteiger partial charge in [0, 0.05) is 19.3 Å². The Balaban J connectivity index is 2.00. The highest BCUT2D eigenvalue weighted by Gasteiger charge is 2.45. The maximum absolute atomic E-state index is 6.09. The zero-order chi connectivity index (χ0) is 14.4.